The Labute approximate surface area is 156 Å². The topological polar surface area (TPSA) is 77.1 Å². The molecule has 0 spiro atoms. The largest absolute Gasteiger partial charge is 0.366 e. The Morgan fingerprint density at radius 3 is 2.65 bits per heavy atom. The molecule has 134 valence electrons. The molecule has 5 nitrogen and oxygen atoms in total. The first-order valence-corrected chi connectivity index (χ1v) is 9.19. The van der Waals surface area contributed by atoms with E-state index in [2.05, 4.69) is 21.3 Å². The summed E-state index contributed by atoms with van der Waals surface area (Å²) < 4.78 is 2.15. The number of nitrogens with two attached hydrogens (primary N) is 1. The summed E-state index contributed by atoms with van der Waals surface area (Å²) in [5.74, 6) is -0.602. The van der Waals surface area contributed by atoms with Crippen LogP contribution in [-0.2, 0) is 13.1 Å². The first-order chi connectivity index (χ1) is 12.5. The number of carbonyl (C=O) groups is 2. The average molecular weight is 367 g/mol. The van der Waals surface area contributed by atoms with E-state index in [1.54, 1.807) is 29.5 Å². The zero-order valence-electron chi connectivity index (χ0n) is 14.8. The van der Waals surface area contributed by atoms with Gasteiger partial charge in [-0.1, -0.05) is 18.2 Å². The third kappa shape index (κ3) is 3.86. The van der Waals surface area contributed by atoms with E-state index < -0.39 is 5.91 Å². The van der Waals surface area contributed by atoms with Crippen molar-refractivity contribution in [2.75, 3.05) is 0 Å². The minimum atomic E-state index is -0.477. The van der Waals surface area contributed by atoms with Gasteiger partial charge in [0.25, 0.3) is 5.91 Å². The van der Waals surface area contributed by atoms with Gasteiger partial charge in [-0.25, -0.2) is 0 Å². The fraction of sp³-hybridized carbons (Fsp3) is 0.200. The van der Waals surface area contributed by atoms with Gasteiger partial charge in [0.15, 0.2) is 0 Å². The fourth-order valence-electron chi connectivity index (χ4n) is 2.94. The van der Waals surface area contributed by atoms with Gasteiger partial charge in [-0.2, -0.15) is 0 Å². The van der Waals surface area contributed by atoms with Crippen LogP contribution in [0.1, 0.15) is 42.5 Å². The van der Waals surface area contributed by atoms with Gasteiger partial charge in [-0.15, -0.1) is 11.3 Å². The third-order valence-electron chi connectivity index (χ3n) is 4.38. The van der Waals surface area contributed by atoms with E-state index in [9.17, 15) is 9.59 Å². The third-order valence-corrected chi connectivity index (χ3v) is 5.24. The molecule has 0 aliphatic heterocycles. The quantitative estimate of drug-likeness (QED) is 0.702. The summed E-state index contributed by atoms with van der Waals surface area (Å²) in [5, 5.41) is 4.97. The molecule has 3 N–H and O–H groups in total. The summed E-state index contributed by atoms with van der Waals surface area (Å²) in [4.78, 5) is 25.1. The van der Waals surface area contributed by atoms with Crippen LogP contribution in [0.15, 0.2) is 47.8 Å². The van der Waals surface area contributed by atoms with Gasteiger partial charge in [-0.3, -0.25) is 9.59 Å². The molecule has 0 saturated heterocycles. The van der Waals surface area contributed by atoms with Crippen molar-refractivity contribution < 1.29 is 9.59 Å². The van der Waals surface area contributed by atoms with Crippen molar-refractivity contribution >= 4 is 23.2 Å². The number of hydrogen-bond acceptors (Lipinski definition) is 3. The molecule has 0 bridgehead atoms. The molecular formula is C20H21N3O2S. The first kappa shape index (κ1) is 17.9. The number of nitrogens with zero attached hydrogens (tertiary/aromatic N) is 1. The molecule has 0 unspecified atom stereocenters. The molecule has 2 heterocycles. The van der Waals surface area contributed by atoms with E-state index in [0.717, 1.165) is 23.5 Å². The van der Waals surface area contributed by atoms with E-state index >= 15 is 0 Å². The number of aromatic nitrogens is 1. The zero-order chi connectivity index (χ0) is 18.7. The van der Waals surface area contributed by atoms with E-state index in [0.29, 0.717) is 17.7 Å². The zero-order valence-corrected chi connectivity index (χ0v) is 15.6. The number of benzene rings is 1. The van der Waals surface area contributed by atoms with Gasteiger partial charge in [0.1, 0.15) is 0 Å². The summed E-state index contributed by atoms with van der Waals surface area (Å²) in [5.41, 5.74) is 9.24. The maximum Gasteiger partial charge on any atom is 0.253 e. The summed E-state index contributed by atoms with van der Waals surface area (Å²) in [6.07, 6.45) is 0. The van der Waals surface area contributed by atoms with Crippen molar-refractivity contribution in [1.29, 1.82) is 0 Å². The first-order valence-electron chi connectivity index (χ1n) is 8.31. The molecule has 6 heteroatoms. The van der Waals surface area contributed by atoms with Crippen LogP contribution in [0.3, 0.4) is 0 Å². The van der Waals surface area contributed by atoms with Crippen LogP contribution in [0.4, 0.5) is 0 Å². The second-order valence-electron chi connectivity index (χ2n) is 6.20. The average Bonchev–Trinajstić information content (AvgIpc) is 3.23. The molecule has 0 fully saturated rings. The lowest BCUT2D eigenvalue weighted by Gasteiger charge is -2.09. The van der Waals surface area contributed by atoms with E-state index in [1.165, 1.54) is 4.88 Å². The van der Waals surface area contributed by atoms with E-state index in [-0.39, 0.29) is 5.91 Å². The van der Waals surface area contributed by atoms with Crippen molar-refractivity contribution in [1.82, 2.24) is 9.88 Å². The van der Waals surface area contributed by atoms with Crippen molar-refractivity contribution in [3.05, 3.63) is 80.8 Å². The van der Waals surface area contributed by atoms with Crippen LogP contribution in [0.2, 0.25) is 0 Å². The Kier molecular flexibility index (Phi) is 5.23. The second kappa shape index (κ2) is 7.58. The molecule has 26 heavy (non-hydrogen) atoms. The van der Waals surface area contributed by atoms with Crippen LogP contribution >= 0.6 is 11.3 Å². The minimum absolute atomic E-state index is 0.125. The lowest BCUT2D eigenvalue weighted by molar-refractivity contribution is 0.0949. The van der Waals surface area contributed by atoms with Crippen molar-refractivity contribution in [2.45, 2.75) is 26.9 Å². The summed E-state index contributed by atoms with van der Waals surface area (Å²) in [6.45, 7) is 5.08. The summed E-state index contributed by atoms with van der Waals surface area (Å²) in [7, 11) is 0. The molecule has 3 aromatic rings. The number of carbonyl (C=O) groups excluding carboxylic acids is 2. The highest BCUT2D eigenvalue weighted by Gasteiger charge is 2.16. The Morgan fingerprint density at radius 2 is 1.96 bits per heavy atom. The molecule has 2 aromatic heterocycles. The van der Waals surface area contributed by atoms with Crippen LogP contribution < -0.4 is 11.1 Å². The smallest absolute Gasteiger partial charge is 0.253 e. The highest BCUT2D eigenvalue weighted by atomic mass is 32.1. The molecule has 1 aromatic carbocycles. The maximum absolute atomic E-state index is 12.6. The number of nitrogens with one attached hydrogen (secondary N) is 1. The van der Waals surface area contributed by atoms with Crippen molar-refractivity contribution in [3.63, 3.8) is 0 Å². The molecular weight excluding hydrogens is 346 g/mol. The Morgan fingerprint density at radius 1 is 1.15 bits per heavy atom. The van der Waals surface area contributed by atoms with E-state index in [1.807, 2.05) is 32.0 Å². The van der Waals surface area contributed by atoms with Gasteiger partial charge in [0, 0.05) is 28.4 Å². The van der Waals surface area contributed by atoms with Gasteiger partial charge in [0.05, 0.1) is 12.1 Å². The number of rotatable bonds is 6. The molecule has 2 amide bonds. The number of aryl methyl sites for hydroxylation is 1. The standard InChI is InChI=1S/C20H21N3O2S/c1-13-9-18(14(2)23(13)12-17-7-4-8-26-17)20(25)22-11-15-5-3-6-16(10-15)19(21)24/h3-10H,11-12H2,1-2H3,(H2,21,24)(H,22,25). The van der Waals surface area contributed by atoms with Crippen LogP contribution in [0, 0.1) is 13.8 Å². The van der Waals surface area contributed by atoms with Gasteiger partial charge in [-0.05, 0) is 49.1 Å². The number of primary amides is 1. The molecule has 0 radical (unpaired) electrons. The SMILES string of the molecule is Cc1cc(C(=O)NCc2cccc(C(N)=O)c2)c(C)n1Cc1cccs1. The summed E-state index contributed by atoms with van der Waals surface area (Å²) >= 11 is 1.70. The van der Waals surface area contributed by atoms with E-state index in [4.69, 9.17) is 5.73 Å². The van der Waals surface area contributed by atoms with Gasteiger partial charge in [0.2, 0.25) is 5.91 Å². The normalized spacial score (nSPS) is 10.7. The van der Waals surface area contributed by atoms with Crippen LogP contribution in [-0.4, -0.2) is 16.4 Å². The van der Waals surface area contributed by atoms with Crippen LogP contribution in [0.5, 0.6) is 0 Å². The van der Waals surface area contributed by atoms with Crippen molar-refractivity contribution in [2.24, 2.45) is 5.73 Å². The maximum atomic E-state index is 12.6. The van der Waals surface area contributed by atoms with Crippen LogP contribution in [0.25, 0.3) is 0 Å². The highest BCUT2D eigenvalue weighted by Crippen LogP contribution is 2.19. The molecule has 0 aliphatic rings. The number of thiophene rings is 1. The fourth-order valence-corrected chi connectivity index (χ4v) is 3.64. The predicted octanol–water partition coefficient (Wildman–Crippen LogP) is 3.24. The summed E-state index contributed by atoms with van der Waals surface area (Å²) in [6, 6.07) is 13.0. The van der Waals surface area contributed by atoms with Gasteiger partial charge >= 0.3 is 0 Å². The van der Waals surface area contributed by atoms with Crippen molar-refractivity contribution in [3.8, 4) is 0 Å². The number of hydrogen-bond donors (Lipinski definition) is 2. The Hall–Kier alpha value is -2.86. The lowest BCUT2D eigenvalue weighted by atomic mass is 10.1. The molecule has 0 aliphatic carbocycles. The minimum Gasteiger partial charge on any atom is -0.366 e. The number of amides is 2. The molecule has 3 rings (SSSR count). The predicted molar refractivity (Wildman–Crippen MR) is 103 cm³/mol. The molecule has 0 atom stereocenters. The molecule has 0 saturated carbocycles. The lowest BCUT2D eigenvalue weighted by Crippen LogP contribution is -2.23. The Balaban J connectivity index is 1.72. The van der Waals surface area contributed by atoms with Gasteiger partial charge < -0.3 is 15.6 Å². The Bertz CT molecular complexity index is 942. The second-order valence-corrected chi connectivity index (χ2v) is 7.23. The highest BCUT2D eigenvalue weighted by molar-refractivity contribution is 7.09. The monoisotopic (exact) mass is 367 g/mol.